The molecular weight excluding hydrogens is 392 g/mol. The largest absolute Gasteiger partial charge is 0.382 e. The summed E-state index contributed by atoms with van der Waals surface area (Å²) >= 11 is 0. The maximum atomic E-state index is 12.7. The Balaban J connectivity index is 1.62. The molecule has 0 radical (unpaired) electrons. The van der Waals surface area contributed by atoms with Crippen LogP contribution in [0.15, 0.2) is 51.4 Å². The molecule has 4 N–H and O–H groups in total. The Morgan fingerprint density at radius 3 is 2.71 bits per heavy atom. The molecule has 1 fully saturated rings. The summed E-state index contributed by atoms with van der Waals surface area (Å²) in [6.45, 7) is 3.60. The molecule has 0 saturated carbocycles. The van der Waals surface area contributed by atoms with Crippen molar-refractivity contribution in [1.29, 1.82) is 0 Å². The maximum Gasteiger partial charge on any atom is 0.328 e. The van der Waals surface area contributed by atoms with Gasteiger partial charge in [-0.3, -0.25) is 14.5 Å². The van der Waals surface area contributed by atoms with E-state index in [2.05, 4.69) is 42.0 Å². The number of imidazole rings is 2. The average molecular weight is 421 g/mol. The SMILES string of the molecule is C/N=C(/N)c1[nH]c(=O)n(Cc2cccc(CN3CCCCC3)c2)c1/N=C/c1ncc[nH]1. The van der Waals surface area contributed by atoms with Gasteiger partial charge in [-0.05, 0) is 37.1 Å². The number of H-pyrrole nitrogens is 2. The molecule has 9 nitrogen and oxygen atoms in total. The second-order valence-electron chi connectivity index (χ2n) is 7.71. The van der Waals surface area contributed by atoms with Crippen LogP contribution in [0.3, 0.4) is 0 Å². The van der Waals surface area contributed by atoms with Crippen molar-refractivity contribution in [2.24, 2.45) is 15.7 Å². The van der Waals surface area contributed by atoms with Crippen molar-refractivity contribution in [3.05, 3.63) is 69.8 Å². The summed E-state index contributed by atoms with van der Waals surface area (Å²) in [7, 11) is 1.58. The molecule has 0 spiro atoms. The first-order chi connectivity index (χ1) is 15.1. The summed E-state index contributed by atoms with van der Waals surface area (Å²) in [5.74, 6) is 1.23. The number of piperidine rings is 1. The standard InChI is InChI=1S/C22H28N8O/c1-24-20(23)19-21(27-13-18-25-8-9-26-18)30(22(31)28-19)15-17-7-5-6-16(12-17)14-29-10-3-2-4-11-29/h5-9,12-13H,2-4,10-11,14-15H2,1H3,(H2,23,24)(H,25,26)(H,28,31)/b27-13+. The van der Waals surface area contributed by atoms with E-state index >= 15 is 0 Å². The highest BCUT2D eigenvalue weighted by molar-refractivity contribution is 6.00. The molecule has 1 saturated heterocycles. The number of nitrogens with two attached hydrogens (primary N) is 1. The summed E-state index contributed by atoms with van der Waals surface area (Å²) in [5.41, 5.74) is 8.41. The molecule has 9 heteroatoms. The lowest BCUT2D eigenvalue weighted by atomic mass is 10.1. The molecule has 1 aliphatic rings. The molecule has 162 valence electrons. The molecule has 0 aliphatic carbocycles. The topological polar surface area (TPSA) is 120 Å². The lowest BCUT2D eigenvalue weighted by molar-refractivity contribution is 0.221. The number of hydrogen-bond acceptors (Lipinski definition) is 5. The third-order valence-electron chi connectivity index (χ3n) is 5.47. The summed E-state index contributed by atoms with van der Waals surface area (Å²) < 4.78 is 1.58. The van der Waals surface area contributed by atoms with Crippen molar-refractivity contribution >= 4 is 17.9 Å². The van der Waals surface area contributed by atoms with Gasteiger partial charge in [-0.25, -0.2) is 14.8 Å². The maximum absolute atomic E-state index is 12.7. The van der Waals surface area contributed by atoms with Crippen LogP contribution in [0.25, 0.3) is 0 Å². The highest BCUT2D eigenvalue weighted by atomic mass is 16.1. The zero-order chi connectivity index (χ0) is 21.6. The minimum Gasteiger partial charge on any atom is -0.382 e. The fourth-order valence-corrected chi connectivity index (χ4v) is 3.89. The van der Waals surface area contributed by atoms with Crippen LogP contribution >= 0.6 is 0 Å². The van der Waals surface area contributed by atoms with Gasteiger partial charge < -0.3 is 15.7 Å². The molecule has 4 rings (SSSR count). The predicted octanol–water partition coefficient (Wildman–Crippen LogP) is 2.02. The van der Waals surface area contributed by atoms with Gasteiger partial charge in [0.2, 0.25) is 0 Å². The quantitative estimate of drug-likeness (QED) is 0.400. The number of aliphatic imine (C=N–C) groups is 2. The van der Waals surface area contributed by atoms with Crippen molar-refractivity contribution in [2.45, 2.75) is 32.4 Å². The first kappa shape index (κ1) is 20.8. The molecule has 0 amide bonds. The third kappa shape index (κ3) is 5.00. The molecule has 2 aromatic heterocycles. The van der Waals surface area contributed by atoms with Crippen molar-refractivity contribution < 1.29 is 0 Å². The van der Waals surface area contributed by atoms with E-state index in [4.69, 9.17) is 5.73 Å². The Kier molecular flexibility index (Phi) is 6.42. The zero-order valence-corrected chi connectivity index (χ0v) is 17.7. The van der Waals surface area contributed by atoms with Gasteiger partial charge in [-0.15, -0.1) is 0 Å². The van der Waals surface area contributed by atoms with Crippen molar-refractivity contribution in [1.82, 2.24) is 24.4 Å². The summed E-state index contributed by atoms with van der Waals surface area (Å²) in [5, 5.41) is 0. The van der Waals surface area contributed by atoms with Gasteiger partial charge in [-0.1, -0.05) is 30.7 Å². The summed E-state index contributed by atoms with van der Waals surface area (Å²) in [6.07, 6.45) is 8.76. The van der Waals surface area contributed by atoms with Crippen LogP contribution in [-0.2, 0) is 13.1 Å². The Morgan fingerprint density at radius 1 is 1.23 bits per heavy atom. The second kappa shape index (κ2) is 9.57. The molecular formula is C22H28N8O. The number of aromatic amines is 2. The summed E-state index contributed by atoms with van der Waals surface area (Å²) in [4.78, 5) is 33.6. The van der Waals surface area contributed by atoms with Crippen molar-refractivity contribution in [3.63, 3.8) is 0 Å². The van der Waals surface area contributed by atoms with Gasteiger partial charge >= 0.3 is 5.69 Å². The van der Waals surface area contributed by atoms with Crippen LogP contribution in [0, 0.1) is 0 Å². The third-order valence-corrected chi connectivity index (χ3v) is 5.47. The van der Waals surface area contributed by atoms with Crippen molar-refractivity contribution in [2.75, 3.05) is 20.1 Å². The lowest BCUT2D eigenvalue weighted by Crippen LogP contribution is -2.29. The number of amidine groups is 1. The van der Waals surface area contributed by atoms with E-state index in [0.717, 1.165) is 25.2 Å². The first-order valence-electron chi connectivity index (χ1n) is 10.5. The predicted molar refractivity (Wildman–Crippen MR) is 122 cm³/mol. The molecule has 3 aromatic rings. The van der Waals surface area contributed by atoms with Crippen LogP contribution in [0.5, 0.6) is 0 Å². The number of nitrogens with one attached hydrogen (secondary N) is 2. The van der Waals surface area contributed by atoms with E-state index in [9.17, 15) is 4.79 Å². The Labute approximate surface area is 180 Å². The fourth-order valence-electron chi connectivity index (χ4n) is 3.89. The van der Waals surface area contributed by atoms with Gasteiger partial charge in [0.15, 0.2) is 5.82 Å². The molecule has 0 bridgehead atoms. The number of likely N-dealkylation sites (tertiary alicyclic amines) is 1. The molecule has 0 atom stereocenters. The highest BCUT2D eigenvalue weighted by Crippen LogP contribution is 2.19. The van der Waals surface area contributed by atoms with Crippen LogP contribution in [0.4, 0.5) is 5.82 Å². The second-order valence-corrected chi connectivity index (χ2v) is 7.71. The van der Waals surface area contributed by atoms with E-state index in [-0.39, 0.29) is 11.5 Å². The Morgan fingerprint density at radius 2 is 2.00 bits per heavy atom. The molecule has 3 heterocycles. The van der Waals surface area contributed by atoms with E-state index < -0.39 is 0 Å². The van der Waals surface area contributed by atoms with E-state index in [1.165, 1.54) is 24.8 Å². The number of benzene rings is 1. The molecule has 1 aliphatic heterocycles. The normalized spacial score (nSPS) is 15.7. The molecule has 0 unspecified atom stereocenters. The van der Waals surface area contributed by atoms with Gasteiger partial charge in [-0.2, -0.15) is 0 Å². The Bertz CT molecular complexity index is 1120. The van der Waals surface area contributed by atoms with Crippen LogP contribution in [0.2, 0.25) is 0 Å². The number of hydrogen-bond donors (Lipinski definition) is 3. The first-order valence-corrected chi connectivity index (χ1v) is 10.5. The highest BCUT2D eigenvalue weighted by Gasteiger charge is 2.17. The number of rotatable bonds is 7. The number of aromatic nitrogens is 4. The number of nitrogens with zero attached hydrogens (tertiary/aromatic N) is 5. The average Bonchev–Trinajstić information content (AvgIpc) is 3.41. The van der Waals surface area contributed by atoms with Crippen LogP contribution < -0.4 is 11.4 Å². The van der Waals surface area contributed by atoms with E-state index in [0.29, 0.717) is 23.9 Å². The Hall–Kier alpha value is -3.46. The van der Waals surface area contributed by atoms with Crippen LogP contribution in [0.1, 0.15) is 41.9 Å². The van der Waals surface area contributed by atoms with Crippen molar-refractivity contribution in [3.8, 4) is 0 Å². The lowest BCUT2D eigenvalue weighted by Gasteiger charge is -2.26. The minimum absolute atomic E-state index is 0.223. The van der Waals surface area contributed by atoms with Gasteiger partial charge in [0, 0.05) is 26.0 Å². The van der Waals surface area contributed by atoms with Gasteiger partial charge in [0.25, 0.3) is 0 Å². The van der Waals surface area contributed by atoms with E-state index in [1.54, 1.807) is 30.2 Å². The fraction of sp³-hybridized carbons (Fsp3) is 0.364. The summed E-state index contributed by atoms with van der Waals surface area (Å²) in [6, 6.07) is 8.36. The van der Waals surface area contributed by atoms with Crippen LogP contribution in [-0.4, -0.2) is 56.6 Å². The zero-order valence-electron chi connectivity index (χ0n) is 17.7. The minimum atomic E-state index is -0.283. The monoisotopic (exact) mass is 420 g/mol. The molecule has 31 heavy (non-hydrogen) atoms. The smallest absolute Gasteiger partial charge is 0.328 e. The van der Waals surface area contributed by atoms with Gasteiger partial charge in [0.05, 0.1) is 12.8 Å². The molecule has 1 aromatic carbocycles. The van der Waals surface area contributed by atoms with Gasteiger partial charge in [0.1, 0.15) is 17.4 Å². The van der Waals surface area contributed by atoms with E-state index in [1.807, 2.05) is 12.1 Å².